The quantitative estimate of drug-likeness (QED) is 0.711. The van der Waals surface area contributed by atoms with E-state index in [9.17, 15) is 4.79 Å². The Morgan fingerprint density at radius 1 is 1.42 bits per heavy atom. The van der Waals surface area contributed by atoms with Crippen molar-refractivity contribution in [3.8, 4) is 6.01 Å². The molecule has 0 saturated carbocycles. The number of nitrogens with one attached hydrogen (secondary N) is 1. The van der Waals surface area contributed by atoms with Crippen molar-refractivity contribution in [3.05, 3.63) is 10.5 Å². The fourth-order valence-electron chi connectivity index (χ4n) is 2.96. The molecule has 1 aliphatic heterocycles. The lowest BCUT2D eigenvalue weighted by Crippen LogP contribution is -2.18. The zero-order valence-electron chi connectivity index (χ0n) is 14.1. The van der Waals surface area contributed by atoms with Crippen LogP contribution in [-0.2, 0) is 11.3 Å². The molecule has 24 heavy (non-hydrogen) atoms. The zero-order valence-corrected chi connectivity index (χ0v) is 14.1. The van der Waals surface area contributed by atoms with Gasteiger partial charge >= 0.3 is 11.7 Å². The van der Waals surface area contributed by atoms with Gasteiger partial charge in [-0.15, -0.1) is 0 Å². The molecule has 0 bridgehead atoms. The minimum atomic E-state index is -0.209. The number of aromatic amines is 1. The van der Waals surface area contributed by atoms with Crippen LogP contribution in [-0.4, -0.2) is 39.3 Å². The molecule has 1 fully saturated rings. The molecule has 8 nitrogen and oxygen atoms in total. The van der Waals surface area contributed by atoms with E-state index in [4.69, 9.17) is 15.2 Å². The number of nitrogens with zero attached hydrogens (tertiary/aromatic N) is 3. The maximum Gasteiger partial charge on any atom is 0.327 e. The number of nitrogens with two attached hydrogens (primary N) is 1. The van der Waals surface area contributed by atoms with Crippen molar-refractivity contribution in [2.75, 3.05) is 25.6 Å². The van der Waals surface area contributed by atoms with E-state index in [1.54, 1.807) is 4.57 Å². The van der Waals surface area contributed by atoms with Crippen molar-refractivity contribution in [1.29, 1.82) is 0 Å². The second-order valence-electron chi connectivity index (χ2n) is 6.25. The summed E-state index contributed by atoms with van der Waals surface area (Å²) < 4.78 is 12.5. The Balaban J connectivity index is 1.75. The molecular weight excluding hydrogens is 310 g/mol. The lowest BCUT2D eigenvalue weighted by atomic mass is 10.0. The number of rotatable bonds is 8. The molecule has 0 aliphatic carbocycles. The highest BCUT2D eigenvalue weighted by Crippen LogP contribution is 2.20. The molecule has 1 saturated heterocycles. The smallest absolute Gasteiger partial charge is 0.327 e. The van der Waals surface area contributed by atoms with E-state index in [0.717, 1.165) is 45.3 Å². The third kappa shape index (κ3) is 3.69. The van der Waals surface area contributed by atoms with Crippen molar-refractivity contribution < 1.29 is 9.47 Å². The molecule has 8 heteroatoms. The Morgan fingerprint density at radius 2 is 2.29 bits per heavy atom. The van der Waals surface area contributed by atoms with Crippen LogP contribution in [0.2, 0.25) is 0 Å². The second-order valence-corrected chi connectivity index (χ2v) is 6.25. The average molecular weight is 335 g/mol. The van der Waals surface area contributed by atoms with Crippen molar-refractivity contribution in [2.24, 2.45) is 5.92 Å². The van der Waals surface area contributed by atoms with Crippen LogP contribution in [0.25, 0.3) is 11.2 Å². The van der Waals surface area contributed by atoms with Crippen LogP contribution in [0, 0.1) is 5.92 Å². The fraction of sp³-hybridized carbons (Fsp3) is 0.688. The number of H-pyrrole nitrogens is 1. The van der Waals surface area contributed by atoms with Crippen LogP contribution in [0.3, 0.4) is 0 Å². The summed E-state index contributed by atoms with van der Waals surface area (Å²) in [7, 11) is 0. The molecule has 0 amide bonds. The Hall–Kier alpha value is -2.09. The minimum Gasteiger partial charge on any atom is -0.463 e. The number of fused-ring (bicyclic) bond motifs is 1. The molecule has 2 aromatic rings. The average Bonchev–Trinajstić information content (AvgIpc) is 3.17. The second kappa shape index (κ2) is 7.65. The first-order valence-corrected chi connectivity index (χ1v) is 8.65. The molecule has 1 aliphatic rings. The van der Waals surface area contributed by atoms with Gasteiger partial charge < -0.3 is 20.2 Å². The van der Waals surface area contributed by atoms with E-state index in [0.29, 0.717) is 30.2 Å². The maximum atomic E-state index is 12.2. The minimum absolute atomic E-state index is 0.209. The number of hydrogen-bond donors (Lipinski definition) is 2. The number of aryl methyl sites for hydroxylation is 1. The predicted octanol–water partition coefficient (Wildman–Crippen LogP) is 1.70. The Labute approximate surface area is 140 Å². The zero-order chi connectivity index (χ0) is 16.9. The Morgan fingerprint density at radius 3 is 3.04 bits per heavy atom. The van der Waals surface area contributed by atoms with E-state index in [1.165, 1.54) is 0 Å². The van der Waals surface area contributed by atoms with Crippen molar-refractivity contribution >= 4 is 17.0 Å². The van der Waals surface area contributed by atoms with Gasteiger partial charge in [0.25, 0.3) is 0 Å². The standard InChI is InChI=1S/C16H25N5O3/c1-2-3-8-24-15-19-13(17)12-14(20-15)21(16(22)18-12)7-4-5-11-6-9-23-10-11/h11H,2-10H2,1H3,(H,18,22)(H2,17,19,20). The number of hydrogen-bond acceptors (Lipinski definition) is 6. The van der Waals surface area contributed by atoms with Crippen LogP contribution >= 0.6 is 0 Å². The highest BCUT2D eigenvalue weighted by molar-refractivity contribution is 5.81. The van der Waals surface area contributed by atoms with Gasteiger partial charge in [0.15, 0.2) is 11.5 Å². The molecule has 0 spiro atoms. The number of imidazole rings is 1. The number of ether oxygens (including phenoxy) is 2. The summed E-state index contributed by atoms with van der Waals surface area (Å²) in [6.45, 7) is 4.90. The van der Waals surface area contributed by atoms with Crippen LogP contribution in [0.1, 0.15) is 39.0 Å². The number of unbranched alkanes of at least 4 members (excludes halogenated alkanes) is 1. The van der Waals surface area contributed by atoms with Gasteiger partial charge in [-0.25, -0.2) is 4.79 Å². The van der Waals surface area contributed by atoms with Gasteiger partial charge in [0.1, 0.15) is 5.52 Å². The van der Waals surface area contributed by atoms with E-state index < -0.39 is 0 Å². The number of nitrogen functional groups attached to an aromatic ring is 1. The summed E-state index contributed by atoms with van der Waals surface area (Å²) in [6.07, 6.45) is 4.99. The van der Waals surface area contributed by atoms with E-state index in [-0.39, 0.29) is 17.5 Å². The summed E-state index contributed by atoms with van der Waals surface area (Å²) in [5.41, 5.74) is 6.73. The Bertz CT molecular complexity index is 733. The molecule has 3 heterocycles. The summed E-state index contributed by atoms with van der Waals surface area (Å²) in [5.74, 6) is 0.838. The predicted molar refractivity (Wildman–Crippen MR) is 91.1 cm³/mol. The van der Waals surface area contributed by atoms with Gasteiger partial charge in [0.05, 0.1) is 6.61 Å². The van der Waals surface area contributed by atoms with Gasteiger partial charge in [0.2, 0.25) is 0 Å². The normalized spacial score (nSPS) is 17.6. The molecule has 3 N–H and O–H groups in total. The highest BCUT2D eigenvalue weighted by atomic mass is 16.5. The molecule has 0 aromatic carbocycles. The Kier molecular flexibility index (Phi) is 5.34. The first kappa shape index (κ1) is 16.8. The highest BCUT2D eigenvalue weighted by Gasteiger charge is 2.17. The SMILES string of the molecule is CCCCOc1nc(N)c2[nH]c(=O)n(CCCC3CCOC3)c2n1. The third-order valence-corrected chi connectivity index (χ3v) is 4.38. The van der Waals surface area contributed by atoms with Gasteiger partial charge in [-0.2, -0.15) is 9.97 Å². The number of anilines is 1. The lowest BCUT2D eigenvalue weighted by Gasteiger charge is -2.08. The summed E-state index contributed by atoms with van der Waals surface area (Å²) >= 11 is 0. The summed E-state index contributed by atoms with van der Waals surface area (Å²) in [6, 6.07) is 0.227. The van der Waals surface area contributed by atoms with Crippen LogP contribution in [0.4, 0.5) is 5.82 Å². The molecular formula is C16H25N5O3. The van der Waals surface area contributed by atoms with Gasteiger partial charge in [-0.1, -0.05) is 13.3 Å². The van der Waals surface area contributed by atoms with Gasteiger partial charge in [0, 0.05) is 19.8 Å². The molecule has 0 radical (unpaired) electrons. The van der Waals surface area contributed by atoms with Crippen LogP contribution in [0.5, 0.6) is 6.01 Å². The molecule has 3 rings (SSSR count). The largest absolute Gasteiger partial charge is 0.463 e. The summed E-state index contributed by atoms with van der Waals surface area (Å²) in [5, 5.41) is 0. The third-order valence-electron chi connectivity index (χ3n) is 4.38. The molecule has 1 atom stereocenters. The van der Waals surface area contributed by atoms with Gasteiger partial charge in [-0.3, -0.25) is 4.57 Å². The van der Waals surface area contributed by atoms with Crippen LogP contribution < -0.4 is 16.2 Å². The van der Waals surface area contributed by atoms with Gasteiger partial charge in [-0.05, 0) is 31.6 Å². The van der Waals surface area contributed by atoms with Crippen molar-refractivity contribution in [3.63, 3.8) is 0 Å². The fourth-order valence-corrected chi connectivity index (χ4v) is 2.96. The summed E-state index contributed by atoms with van der Waals surface area (Å²) in [4.78, 5) is 23.4. The van der Waals surface area contributed by atoms with Crippen molar-refractivity contribution in [1.82, 2.24) is 19.5 Å². The monoisotopic (exact) mass is 335 g/mol. The van der Waals surface area contributed by atoms with E-state index in [1.807, 2.05) is 0 Å². The molecule has 1 unspecified atom stereocenters. The van der Waals surface area contributed by atoms with Crippen molar-refractivity contribution in [2.45, 2.75) is 45.6 Å². The van der Waals surface area contributed by atoms with Crippen LogP contribution in [0.15, 0.2) is 4.79 Å². The maximum absolute atomic E-state index is 12.2. The number of aromatic nitrogens is 4. The van der Waals surface area contributed by atoms with E-state index in [2.05, 4.69) is 21.9 Å². The topological polar surface area (TPSA) is 108 Å². The molecule has 2 aromatic heterocycles. The molecule has 132 valence electrons. The lowest BCUT2D eigenvalue weighted by molar-refractivity contribution is 0.183. The van der Waals surface area contributed by atoms with E-state index >= 15 is 0 Å². The first-order chi connectivity index (χ1) is 11.7. The first-order valence-electron chi connectivity index (χ1n) is 8.65.